The lowest BCUT2D eigenvalue weighted by molar-refractivity contribution is 0.0525. The minimum atomic E-state index is -0.424. The van der Waals surface area contributed by atoms with Crippen LogP contribution in [0.15, 0.2) is 0 Å². The second kappa shape index (κ2) is 6.98. The number of rotatable bonds is 5. The standard InChI is InChI=1S/C14H30N2O2/c1-13(2,3)11-16(7)10-8-9-15-12(17)18-14(4,5)6/h8-11H2,1-7H3,(H,15,17). The van der Waals surface area contributed by atoms with E-state index in [1.807, 2.05) is 20.8 Å². The van der Waals surface area contributed by atoms with Crippen LogP contribution in [0.4, 0.5) is 4.79 Å². The van der Waals surface area contributed by atoms with E-state index in [0.29, 0.717) is 12.0 Å². The molecule has 0 bridgehead atoms. The average molecular weight is 258 g/mol. The molecule has 0 aliphatic rings. The summed E-state index contributed by atoms with van der Waals surface area (Å²) in [6.07, 6.45) is 0.604. The average Bonchev–Trinajstić information content (AvgIpc) is 2.06. The van der Waals surface area contributed by atoms with Gasteiger partial charge in [0.05, 0.1) is 0 Å². The fraction of sp³-hybridized carbons (Fsp3) is 0.929. The summed E-state index contributed by atoms with van der Waals surface area (Å²) < 4.78 is 5.16. The van der Waals surface area contributed by atoms with Crippen molar-refractivity contribution in [1.82, 2.24) is 10.2 Å². The molecule has 0 aromatic carbocycles. The Morgan fingerprint density at radius 3 is 2.17 bits per heavy atom. The van der Waals surface area contributed by atoms with Gasteiger partial charge in [-0.2, -0.15) is 0 Å². The number of ether oxygens (including phenoxy) is 1. The van der Waals surface area contributed by atoms with Crippen molar-refractivity contribution in [3.63, 3.8) is 0 Å². The molecule has 0 radical (unpaired) electrons. The van der Waals surface area contributed by atoms with Crippen molar-refractivity contribution in [2.75, 3.05) is 26.7 Å². The second-order valence-electron chi connectivity index (χ2n) is 7.08. The molecule has 0 rings (SSSR count). The second-order valence-corrected chi connectivity index (χ2v) is 7.08. The van der Waals surface area contributed by atoms with Crippen LogP contribution in [-0.2, 0) is 4.74 Å². The lowest BCUT2D eigenvalue weighted by atomic mass is 9.96. The van der Waals surface area contributed by atoms with E-state index in [4.69, 9.17) is 4.74 Å². The quantitative estimate of drug-likeness (QED) is 0.771. The third-order valence-corrected chi connectivity index (χ3v) is 2.13. The zero-order valence-electron chi connectivity index (χ0n) is 13.1. The van der Waals surface area contributed by atoms with Crippen LogP contribution in [0.25, 0.3) is 0 Å². The molecular weight excluding hydrogens is 228 g/mol. The number of nitrogens with zero attached hydrogens (tertiary/aromatic N) is 1. The fourth-order valence-corrected chi connectivity index (χ4v) is 1.74. The van der Waals surface area contributed by atoms with Crippen molar-refractivity contribution in [2.45, 2.75) is 53.6 Å². The van der Waals surface area contributed by atoms with E-state index in [0.717, 1.165) is 19.5 Å². The van der Waals surface area contributed by atoms with Gasteiger partial charge in [-0.15, -0.1) is 0 Å². The SMILES string of the molecule is CN(CCCNC(=O)OC(C)(C)C)CC(C)(C)C. The molecule has 0 aromatic heterocycles. The van der Waals surface area contributed by atoms with Gasteiger partial charge < -0.3 is 15.0 Å². The van der Waals surface area contributed by atoms with Gasteiger partial charge in [-0.1, -0.05) is 20.8 Å². The predicted molar refractivity (Wildman–Crippen MR) is 75.8 cm³/mol. The first-order chi connectivity index (χ1) is 7.99. The smallest absolute Gasteiger partial charge is 0.407 e. The van der Waals surface area contributed by atoms with E-state index in [1.54, 1.807) is 0 Å². The minimum Gasteiger partial charge on any atom is -0.444 e. The zero-order valence-corrected chi connectivity index (χ0v) is 13.1. The summed E-state index contributed by atoms with van der Waals surface area (Å²) in [5, 5.41) is 2.77. The van der Waals surface area contributed by atoms with Gasteiger partial charge in [-0.05, 0) is 46.2 Å². The van der Waals surface area contributed by atoms with Gasteiger partial charge >= 0.3 is 6.09 Å². The Morgan fingerprint density at radius 1 is 1.17 bits per heavy atom. The molecule has 0 aliphatic heterocycles. The van der Waals surface area contributed by atoms with Crippen LogP contribution in [0.2, 0.25) is 0 Å². The summed E-state index contributed by atoms with van der Waals surface area (Å²) >= 11 is 0. The van der Waals surface area contributed by atoms with Gasteiger partial charge in [0.15, 0.2) is 0 Å². The number of amides is 1. The molecule has 0 aliphatic carbocycles. The predicted octanol–water partition coefficient (Wildman–Crippen LogP) is 2.88. The number of carbonyl (C=O) groups is 1. The summed E-state index contributed by atoms with van der Waals surface area (Å²) in [4.78, 5) is 13.7. The first kappa shape index (κ1) is 17.2. The van der Waals surface area contributed by atoms with E-state index < -0.39 is 5.60 Å². The number of alkyl carbamates (subject to hydrolysis) is 1. The number of hydrogen-bond donors (Lipinski definition) is 1. The van der Waals surface area contributed by atoms with Crippen LogP contribution in [-0.4, -0.2) is 43.3 Å². The molecule has 0 heterocycles. The Kier molecular flexibility index (Phi) is 6.68. The van der Waals surface area contributed by atoms with Crippen molar-refractivity contribution >= 4 is 6.09 Å². The molecule has 0 saturated heterocycles. The van der Waals surface area contributed by atoms with E-state index >= 15 is 0 Å². The molecule has 4 nitrogen and oxygen atoms in total. The topological polar surface area (TPSA) is 41.6 Å². The third-order valence-electron chi connectivity index (χ3n) is 2.13. The number of carbonyl (C=O) groups excluding carboxylic acids is 1. The monoisotopic (exact) mass is 258 g/mol. The lowest BCUT2D eigenvalue weighted by Gasteiger charge is -2.26. The van der Waals surface area contributed by atoms with Crippen LogP contribution >= 0.6 is 0 Å². The maximum absolute atomic E-state index is 11.4. The molecule has 0 fully saturated rings. The molecule has 0 unspecified atom stereocenters. The zero-order chi connectivity index (χ0) is 14.4. The molecule has 1 N–H and O–H groups in total. The highest BCUT2D eigenvalue weighted by Crippen LogP contribution is 2.13. The molecule has 18 heavy (non-hydrogen) atoms. The highest BCUT2D eigenvalue weighted by atomic mass is 16.6. The molecule has 4 heteroatoms. The Balaban J connectivity index is 3.65. The highest BCUT2D eigenvalue weighted by molar-refractivity contribution is 5.67. The van der Waals surface area contributed by atoms with E-state index in [1.165, 1.54) is 0 Å². The normalized spacial score (nSPS) is 12.7. The first-order valence-electron chi connectivity index (χ1n) is 6.65. The van der Waals surface area contributed by atoms with Gasteiger partial charge in [0, 0.05) is 13.1 Å². The van der Waals surface area contributed by atoms with Gasteiger partial charge in [0.1, 0.15) is 5.60 Å². The van der Waals surface area contributed by atoms with Crippen molar-refractivity contribution in [1.29, 1.82) is 0 Å². The summed E-state index contributed by atoms with van der Waals surface area (Å²) in [5.41, 5.74) is -0.111. The lowest BCUT2D eigenvalue weighted by Crippen LogP contribution is -2.35. The largest absolute Gasteiger partial charge is 0.444 e. The Bertz CT molecular complexity index is 252. The van der Waals surface area contributed by atoms with Crippen molar-refractivity contribution in [3.05, 3.63) is 0 Å². The van der Waals surface area contributed by atoms with Crippen molar-refractivity contribution in [3.8, 4) is 0 Å². The molecule has 0 saturated carbocycles. The number of hydrogen-bond acceptors (Lipinski definition) is 3. The fourth-order valence-electron chi connectivity index (χ4n) is 1.74. The van der Waals surface area contributed by atoms with Crippen molar-refractivity contribution in [2.24, 2.45) is 5.41 Å². The third kappa shape index (κ3) is 11.7. The van der Waals surface area contributed by atoms with Crippen LogP contribution in [0.3, 0.4) is 0 Å². The van der Waals surface area contributed by atoms with Crippen LogP contribution in [0.5, 0.6) is 0 Å². The van der Waals surface area contributed by atoms with E-state index in [9.17, 15) is 4.79 Å². The van der Waals surface area contributed by atoms with Crippen LogP contribution in [0, 0.1) is 5.41 Å². The van der Waals surface area contributed by atoms with Crippen LogP contribution in [0.1, 0.15) is 48.0 Å². The first-order valence-corrected chi connectivity index (χ1v) is 6.65. The molecule has 1 amide bonds. The van der Waals surface area contributed by atoms with Crippen molar-refractivity contribution < 1.29 is 9.53 Å². The van der Waals surface area contributed by atoms with Gasteiger partial charge in [-0.25, -0.2) is 4.79 Å². The highest BCUT2D eigenvalue weighted by Gasteiger charge is 2.16. The van der Waals surface area contributed by atoms with Crippen LogP contribution < -0.4 is 5.32 Å². The summed E-state index contributed by atoms with van der Waals surface area (Å²) in [7, 11) is 2.11. The Morgan fingerprint density at radius 2 is 1.72 bits per heavy atom. The maximum Gasteiger partial charge on any atom is 0.407 e. The summed E-state index contributed by atoms with van der Waals surface area (Å²) in [6, 6.07) is 0. The Hall–Kier alpha value is -0.770. The van der Waals surface area contributed by atoms with E-state index in [2.05, 4.69) is 38.0 Å². The van der Waals surface area contributed by atoms with E-state index in [-0.39, 0.29) is 6.09 Å². The molecule has 108 valence electrons. The molecular formula is C14H30N2O2. The maximum atomic E-state index is 11.4. The molecule has 0 aromatic rings. The Labute approximate surface area is 112 Å². The molecule has 0 spiro atoms. The van der Waals surface area contributed by atoms with Gasteiger partial charge in [-0.3, -0.25) is 0 Å². The summed E-state index contributed by atoms with van der Waals surface area (Å²) in [6.45, 7) is 15.0. The summed E-state index contributed by atoms with van der Waals surface area (Å²) in [5.74, 6) is 0. The molecule has 0 atom stereocenters. The van der Waals surface area contributed by atoms with Gasteiger partial charge in [0.25, 0.3) is 0 Å². The van der Waals surface area contributed by atoms with Gasteiger partial charge in [0.2, 0.25) is 0 Å². The minimum absolute atomic E-state index is 0.313. The number of nitrogens with one attached hydrogen (secondary N) is 1.